The minimum Gasteiger partial charge on any atom is -0.497 e. The minimum absolute atomic E-state index is 0.263. The zero-order valence-electron chi connectivity index (χ0n) is 14.7. The van der Waals surface area contributed by atoms with E-state index < -0.39 is 11.8 Å². The molecule has 0 saturated heterocycles. The summed E-state index contributed by atoms with van der Waals surface area (Å²) in [5.41, 5.74) is 2.70. The highest BCUT2D eigenvalue weighted by Crippen LogP contribution is 2.13. The van der Waals surface area contributed by atoms with Crippen molar-refractivity contribution in [3.63, 3.8) is 0 Å². The zero-order valence-corrected chi connectivity index (χ0v) is 14.7. The fourth-order valence-electron chi connectivity index (χ4n) is 2.37. The molecule has 0 bridgehead atoms. The molecule has 2 aromatic carbocycles. The summed E-state index contributed by atoms with van der Waals surface area (Å²) in [6.07, 6.45) is 3.30. The lowest BCUT2D eigenvalue weighted by molar-refractivity contribution is -0.136. The lowest BCUT2D eigenvalue weighted by Crippen LogP contribution is -2.34. The van der Waals surface area contributed by atoms with E-state index in [2.05, 4.69) is 17.6 Å². The Hall–Kier alpha value is -2.82. The van der Waals surface area contributed by atoms with Gasteiger partial charge in [-0.15, -0.1) is 0 Å². The second kappa shape index (κ2) is 9.47. The van der Waals surface area contributed by atoms with Gasteiger partial charge in [0.05, 0.1) is 7.11 Å². The maximum absolute atomic E-state index is 12.0. The monoisotopic (exact) mass is 340 g/mol. The molecule has 0 heterocycles. The van der Waals surface area contributed by atoms with Crippen LogP contribution in [0.2, 0.25) is 0 Å². The van der Waals surface area contributed by atoms with Crippen LogP contribution in [0.3, 0.4) is 0 Å². The van der Waals surface area contributed by atoms with Crippen molar-refractivity contribution in [1.29, 1.82) is 0 Å². The van der Waals surface area contributed by atoms with Crippen LogP contribution in [-0.2, 0) is 22.6 Å². The van der Waals surface area contributed by atoms with Crippen molar-refractivity contribution in [2.45, 2.75) is 32.7 Å². The van der Waals surface area contributed by atoms with Gasteiger partial charge in [0, 0.05) is 12.2 Å². The fourth-order valence-corrected chi connectivity index (χ4v) is 2.37. The van der Waals surface area contributed by atoms with Crippen LogP contribution in [0.15, 0.2) is 48.5 Å². The van der Waals surface area contributed by atoms with Gasteiger partial charge in [0.2, 0.25) is 0 Å². The van der Waals surface area contributed by atoms with Crippen LogP contribution >= 0.6 is 0 Å². The number of benzene rings is 2. The number of nitrogens with one attached hydrogen (secondary N) is 2. The highest BCUT2D eigenvalue weighted by atomic mass is 16.5. The highest BCUT2D eigenvalue weighted by molar-refractivity contribution is 6.39. The first-order valence-electron chi connectivity index (χ1n) is 8.43. The van der Waals surface area contributed by atoms with E-state index in [0.29, 0.717) is 11.4 Å². The summed E-state index contributed by atoms with van der Waals surface area (Å²) in [6, 6.07) is 14.9. The Labute approximate surface area is 148 Å². The van der Waals surface area contributed by atoms with E-state index in [9.17, 15) is 9.59 Å². The lowest BCUT2D eigenvalue weighted by atomic mass is 10.1. The number of hydrogen-bond acceptors (Lipinski definition) is 3. The molecule has 2 aromatic rings. The third-order valence-corrected chi connectivity index (χ3v) is 3.82. The van der Waals surface area contributed by atoms with Gasteiger partial charge in [-0.05, 0) is 48.2 Å². The lowest BCUT2D eigenvalue weighted by Gasteiger charge is -2.08. The molecular formula is C20H24N2O3. The van der Waals surface area contributed by atoms with E-state index in [-0.39, 0.29) is 6.54 Å². The summed E-state index contributed by atoms with van der Waals surface area (Å²) >= 11 is 0. The van der Waals surface area contributed by atoms with Crippen molar-refractivity contribution in [2.75, 3.05) is 12.4 Å². The highest BCUT2D eigenvalue weighted by Gasteiger charge is 2.13. The van der Waals surface area contributed by atoms with Gasteiger partial charge >= 0.3 is 11.8 Å². The molecule has 0 radical (unpaired) electrons. The Morgan fingerprint density at radius 1 is 1.00 bits per heavy atom. The number of rotatable bonds is 7. The third kappa shape index (κ3) is 5.95. The topological polar surface area (TPSA) is 67.4 Å². The van der Waals surface area contributed by atoms with Crippen molar-refractivity contribution in [2.24, 2.45) is 0 Å². The summed E-state index contributed by atoms with van der Waals surface area (Å²) in [4.78, 5) is 23.9. The second-order valence-corrected chi connectivity index (χ2v) is 5.79. The first kappa shape index (κ1) is 18.5. The summed E-state index contributed by atoms with van der Waals surface area (Å²) in [6.45, 7) is 2.41. The molecule has 0 aliphatic carbocycles. The van der Waals surface area contributed by atoms with E-state index in [1.54, 1.807) is 7.11 Å². The number of amides is 2. The first-order chi connectivity index (χ1) is 12.1. The van der Waals surface area contributed by atoms with Crippen molar-refractivity contribution < 1.29 is 14.3 Å². The van der Waals surface area contributed by atoms with Crippen LogP contribution < -0.4 is 15.4 Å². The number of hydrogen-bond donors (Lipinski definition) is 2. The van der Waals surface area contributed by atoms with E-state index in [4.69, 9.17) is 4.74 Å². The van der Waals surface area contributed by atoms with Gasteiger partial charge < -0.3 is 15.4 Å². The van der Waals surface area contributed by atoms with E-state index >= 15 is 0 Å². The van der Waals surface area contributed by atoms with Crippen LogP contribution in [-0.4, -0.2) is 18.9 Å². The van der Waals surface area contributed by atoms with Gasteiger partial charge in [0.25, 0.3) is 0 Å². The number of aryl methyl sites for hydroxylation is 1. The van der Waals surface area contributed by atoms with Crippen molar-refractivity contribution in [1.82, 2.24) is 5.32 Å². The molecule has 0 unspecified atom stereocenters. The summed E-state index contributed by atoms with van der Waals surface area (Å²) in [5.74, 6) is -0.638. The smallest absolute Gasteiger partial charge is 0.313 e. The molecular weight excluding hydrogens is 316 g/mol. The fraction of sp³-hybridized carbons (Fsp3) is 0.300. The Balaban J connectivity index is 1.84. The van der Waals surface area contributed by atoms with Crippen LogP contribution in [0.1, 0.15) is 30.9 Å². The SMILES string of the molecule is CCCCc1ccc(NC(=O)C(=O)NCc2cccc(OC)c2)cc1. The molecule has 0 fully saturated rings. The molecule has 25 heavy (non-hydrogen) atoms. The van der Waals surface area contributed by atoms with Crippen molar-refractivity contribution in [3.8, 4) is 5.75 Å². The maximum Gasteiger partial charge on any atom is 0.313 e. The molecule has 0 aliphatic heterocycles. The summed E-state index contributed by atoms with van der Waals surface area (Å²) < 4.78 is 5.13. The second-order valence-electron chi connectivity index (χ2n) is 5.79. The van der Waals surface area contributed by atoms with Gasteiger partial charge in [-0.1, -0.05) is 37.6 Å². The first-order valence-corrected chi connectivity index (χ1v) is 8.43. The molecule has 0 atom stereocenters. The Morgan fingerprint density at radius 3 is 2.44 bits per heavy atom. The van der Waals surface area contributed by atoms with Crippen LogP contribution in [0, 0.1) is 0 Å². The van der Waals surface area contributed by atoms with Gasteiger partial charge in [-0.3, -0.25) is 9.59 Å². The normalized spacial score (nSPS) is 10.2. The Bertz CT molecular complexity index is 711. The number of unbranched alkanes of at least 4 members (excludes halogenated alkanes) is 1. The zero-order chi connectivity index (χ0) is 18.1. The molecule has 2 rings (SSSR count). The van der Waals surface area contributed by atoms with Gasteiger partial charge in [0.1, 0.15) is 5.75 Å². The molecule has 0 aliphatic rings. The third-order valence-electron chi connectivity index (χ3n) is 3.82. The maximum atomic E-state index is 12.0. The predicted molar refractivity (Wildman–Crippen MR) is 98.5 cm³/mol. The van der Waals surface area contributed by atoms with Crippen LogP contribution in [0.4, 0.5) is 5.69 Å². The quantitative estimate of drug-likeness (QED) is 0.760. The largest absolute Gasteiger partial charge is 0.497 e. The number of carbonyl (C=O) groups excluding carboxylic acids is 2. The van der Waals surface area contributed by atoms with Gasteiger partial charge in [-0.2, -0.15) is 0 Å². The number of carbonyl (C=O) groups is 2. The molecule has 2 amide bonds. The Morgan fingerprint density at radius 2 is 1.76 bits per heavy atom. The van der Waals surface area contributed by atoms with E-state index in [0.717, 1.165) is 24.8 Å². The van der Waals surface area contributed by atoms with E-state index in [1.807, 2.05) is 48.5 Å². The molecule has 132 valence electrons. The summed E-state index contributed by atoms with van der Waals surface area (Å²) in [5, 5.41) is 5.21. The summed E-state index contributed by atoms with van der Waals surface area (Å²) in [7, 11) is 1.58. The molecule has 2 N–H and O–H groups in total. The average molecular weight is 340 g/mol. The van der Waals surface area contributed by atoms with Crippen LogP contribution in [0.5, 0.6) is 5.75 Å². The number of methoxy groups -OCH3 is 1. The predicted octanol–water partition coefficient (Wildman–Crippen LogP) is 3.29. The minimum atomic E-state index is -0.677. The van der Waals surface area contributed by atoms with Crippen molar-refractivity contribution in [3.05, 3.63) is 59.7 Å². The number of ether oxygens (including phenoxy) is 1. The molecule has 5 nitrogen and oxygen atoms in total. The van der Waals surface area contributed by atoms with E-state index in [1.165, 1.54) is 5.56 Å². The molecule has 0 saturated carbocycles. The average Bonchev–Trinajstić information content (AvgIpc) is 2.65. The van der Waals surface area contributed by atoms with Crippen molar-refractivity contribution >= 4 is 17.5 Å². The molecule has 0 aromatic heterocycles. The van der Waals surface area contributed by atoms with Gasteiger partial charge in [0.15, 0.2) is 0 Å². The van der Waals surface area contributed by atoms with Crippen LogP contribution in [0.25, 0.3) is 0 Å². The number of anilines is 1. The Kier molecular flexibility index (Phi) is 7.01. The molecule has 0 spiro atoms. The molecule has 5 heteroatoms. The van der Waals surface area contributed by atoms with Gasteiger partial charge in [-0.25, -0.2) is 0 Å². The standard InChI is InChI=1S/C20H24N2O3/c1-3-4-6-15-9-11-17(12-10-15)22-20(24)19(23)21-14-16-7-5-8-18(13-16)25-2/h5,7-13H,3-4,6,14H2,1-2H3,(H,21,23)(H,22,24).